The molecule has 1 aliphatic carbocycles. The molecule has 1 aromatic carbocycles. The summed E-state index contributed by atoms with van der Waals surface area (Å²) in [6.07, 6.45) is 5.02. The van der Waals surface area contributed by atoms with Gasteiger partial charge in [0.25, 0.3) is 0 Å². The van der Waals surface area contributed by atoms with E-state index in [4.69, 9.17) is 10.2 Å². The molecule has 5 rings (SSSR count). The molecule has 1 aliphatic heterocycles. The van der Waals surface area contributed by atoms with E-state index in [1.165, 1.54) is 0 Å². The lowest BCUT2D eigenvalue weighted by Gasteiger charge is -2.17. The predicted molar refractivity (Wildman–Crippen MR) is 102 cm³/mol. The van der Waals surface area contributed by atoms with Crippen molar-refractivity contribution in [3.8, 4) is 11.6 Å². The first-order valence-corrected chi connectivity index (χ1v) is 9.09. The van der Waals surface area contributed by atoms with Crippen LogP contribution >= 0.6 is 0 Å². The largest absolute Gasteiger partial charge is 0.458 e. The van der Waals surface area contributed by atoms with Gasteiger partial charge in [0.1, 0.15) is 11.6 Å². The molecule has 1 atom stereocenters. The lowest BCUT2D eigenvalue weighted by Crippen LogP contribution is -2.19. The SMILES string of the molecule is NC1=CCC(c2ccc(-c3nc4ccc(C5=NCCN5)cc4[nH]3)o2)CC1. The van der Waals surface area contributed by atoms with E-state index >= 15 is 0 Å². The van der Waals surface area contributed by atoms with Gasteiger partial charge in [0.2, 0.25) is 0 Å². The molecule has 0 bridgehead atoms. The van der Waals surface area contributed by atoms with Crippen molar-refractivity contribution in [2.24, 2.45) is 10.7 Å². The molecule has 26 heavy (non-hydrogen) atoms. The highest BCUT2D eigenvalue weighted by Crippen LogP contribution is 2.34. The molecule has 0 saturated carbocycles. The Hall–Kier alpha value is -3.02. The molecule has 0 fully saturated rings. The van der Waals surface area contributed by atoms with Crippen molar-refractivity contribution in [3.63, 3.8) is 0 Å². The molecule has 6 nitrogen and oxygen atoms in total. The van der Waals surface area contributed by atoms with Crippen LogP contribution < -0.4 is 11.1 Å². The molecule has 2 aromatic heterocycles. The first-order valence-electron chi connectivity index (χ1n) is 9.09. The minimum Gasteiger partial charge on any atom is -0.458 e. The van der Waals surface area contributed by atoms with E-state index in [2.05, 4.69) is 44.6 Å². The normalized spacial score (nSPS) is 20.1. The van der Waals surface area contributed by atoms with Gasteiger partial charge in [-0.1, -0.05) is 6.08 Å². The van der Waals surface area contributed by atoms with Crippen LogP contribution in [0.2, 0.25) is 0 Å². The van der Waals surface area contributed by atoms with Crippen LogP contribution in [0.3, 0.4) is 0 Å². The maximum Gasteiger partial charge on any atom is 0.174 e. The van der Waals surface area contributed by atoms with Crippen LogP contribution in [0.4, 0.5) is 0 Å². The Bertz CT molecular complexity index is 1030. The highest BCUT2D eigenvalue weighted by atomic mass is 16.3. The number of allylic oxidation sites excluding steroid dienone is 2. The van der Waals surface area contributed by atoms with Gasteiger partial charge in [-0.15, -0.1) is 0 Å². The van der Waals surface area contributed by atoms with E-state index in [1.807, 2.05) is 12.1 Å². The molecule has 2 aliphatic rings. The van der Waals surface area contributed by atoms with Crippen LogP contribution in [-0.4, -0.2) is 28.9 Å². The molecule has 0 spiro atoms. The van der Waals surface area contributed by atoms with Gasteiger partial charge in [-0.25, -0.2) is 4.98 Å². The Morgan fingerprint density at radius 1 is 1.19 bits per heavy atom. The summed E-state index contributed by atoms with van der Waals surface area (Å²) in [6.45, 7) is 1.73. The number of amidine groups is 1. The number of aliphatic imine (C=N–C) groups is 1. The highest BCUT2D eigenvalue weighted by Gasteiger charge is 2.20. The second kappa shape index (κ2) is 6.05. The van der Waals surface area contributed by atoms with Crippen molar-refractivity contribution in [1.29, 1.82) is 0 Å². The van der Waals surface area contributed by atoms with Crippen LogP contribution in [0.1, 0.15) is 36.5 Å². The van der Waals surface area contributed by atoms with Crippen LogP contribution in [0.5, 0.6) is 0 Å². The summed E-state index contributed by atoms with van der Waals surface area (Å²) in [4.78, 5) is 12.5. The molecular formula is C20H21N5O. The number of fused-ring (bicyclic) bond motifs is 1. The fourth-order valence-corrected chi connectivity index (χ4v) is 3.68. The maximum atomic E-state index is 6.10. The van der Waals surface area contributed by atoms with E-state index in [-0.39, 0.29) is 0 Å². The standard InChI is InChI=1S/C20H21N5O/c21-14-4-1-12(2-5-14)17-7-8-18(26-17)20-24-15-6-3-13(11-16(15)25-20)19-22-9-10-23-19/h3-4,6-8,11-12H,1-2,5,9-10,21H2,(H,22,23)(H,24,25). The summed E-state index contributed by atoms with van der Waals surface area (Å²) in [6, 6.07) is 10.2. The predicted octanol–water partition coefficient (Wildman–Crippen LogP) is 3.28. The summed E-state index contributed by atoms with van der Waals surface area (Å²) >= 11 is 0. The summed E-state index contributed by atoms with van der Waals surface area (Å²) in [5, 5.41) is 3.30. The fourth-order valence-electron chi connectivity index (χ4n) is 3.68. The number of aromatic nitrogens is 2. The third-order valence-electron chi connectivity index (χ3n) is 5.14. The Labute approximate surface area is 151 Å². The Morgan fingerprint density at radius 3 is 2.96 bits per heavy atom. The Morgan fingerprint density at radius 2 is 2.15 bits per heavy atom. The second-order valence-electron chi connectivity index (χ2n) is 6.93. The van der Waals surface area contributed by atoms with E-state index < -0.39 is 0 Å². The van der Waals surface area contributed by atoms with E-state index in [0.29, 0.717) is 5.92 Å². The zero-order chi connectivity index (χ0) is 17.5. The number of nitrogens with two attached hydrogens (primary N) is 1. The van der Waals surface area contributed by atoms with Crippen LogP contribution in [-0.2, 0) is 0 Å². The lowest BCUT2D eigenvalue weighted by atomic mass is 9.91. The molecule has 4 N–H and O–H groups in total. The first kappa shape index (κ1) is 15.3. The molecular weight excluding hydrogens is 326 g/mol. The van der Waals surface area contributed by atoms with Crippen molar-refractivity contribution in [2.75, 3.05) is 13.1 Å². The van der Waals surface area contributed by atoms with E-state index in [1.54, 1.807) is 0 Å². The molecule has 0 radical (unpaired) electrons. The van der Waals surface area contributed by atoms with E-state index in [0.717, 1.165) is 77.8 Å². The topological polar surface area (TPSA) is 92.2 Å². The number of nitrogens with one attached hydrogen (secondary N) is 2. The van der Waals surface area contributed by atoms with Gasteiger partial charge in [-0.2, -0.15) is 0 Å². The number of hydrogen-bond donors (Lipinski definition) is 3. The number of furan rings is 1. The molecule has 132 valence electrons. The molecule has 0 saturated heterocycles. The molecule has 1 unspecified atom stereocenters. The van der Waals surface area contributed by atoms with Crippen LogP contribution in [0.25, 0.3) is 22.6 Å². The Balaban J connectivity index is 1.44. The van der Waals surface area contributed by atoms with Gasteiger partial charge >= 0.3 is 0 Å². The first-order chi connectivity index (χ1) is 12.8. The molecule has 3 aromatic rings. The van der Waals surface area contributed by atoms with Gasteiger partial charge in [0.05, 0.1) is 17.6 Å². The number of H-pyrrole nitrogens is 1. The average Bonchev–Trinajstić information content (AvgIpc) is 3.40. The van der Waals surface area contributed by atoms with E-state index in [9.17, 15) is 0 Å². The summed E-state index contributed by atoms with van der Waals surface area (Å²) in [5.74, 6) is 3.90. The quantitative estimate of drug-likeness (QED) is 0.678. The molecule has 0 amide bonds. The number of aromatic amines is 1. The van der Waals surface area contributed by atoms with Crippen molar-refractivity contribution >= 4 is 16.9 Å². The fraction of sp³-hybridized carbons (Fsp3) is 0.300. The zero-order valence-electron chi connectivity index (χ0n) is 14.5. The van der Waals surface area contributed by atoms with Gasteiger partial charge in [-0.3, -0.25) is 4.99 Å². The molecule has 6 heteroatoms. The Kier molecular flexibility index (Phi) is 3.55. The highest BCUT2D eigenvalue weighted by molar-refractivity contribution is 6.02. The lowest BCUT2D eigenvalue weighted by molar-refractivity contribution is 0.445. The van der Waals surface area contributed by atoms with Gasteiger partial charge in [0, 0.05) is 23.7 Å². The average molecular weight is 347 g/mol. The number of imidazole rings is 1. The summed E-state index contributed by atoms with van der Waals surface area (Å²) in [5.41, 5.74) is 9.85. The third-order valence-corrected chi connectivity index (χ3v) is 5.14. The van der Waals surface area contributed by atoms with Gasteiger partial charge in [0.15, 0.2) is 11.6 Å². The minimum absolute atomic E-state index is 0.401. The summed E-state index contributed by atoms with van der Waals surface area (Å²) < 4.78 is 6.10. The third kappa shape index (κ3) is 2.67. The number of hydrogen-bond acceptors (Lipinski definition) is 5. The second-order valence-corrected chi connectivity index (χ2v) is 6.93. The van der Waals surface area contributed by atoms with Gasteiger partial charge in [-0.05, 0) is 49.6 Å². The summed E-state index contributed by atoms with van der Waals surface area (Å²) in [7, 11) is 0. The number of rotatable bonds is 3. The number of benzene rings is 1. The monoisotopic (exact) mass is 347 g/mol. The number of nitrogens with zero attached hydrogens (tertiary/aromatic N) is 2. The van der Waals surface area contributed by atoms with Crippen LogP contribution in [0.15, 0.2) is 51.5 Å². The smallest absolute Gasteiger partial charge is 0.174 e. The minimum atomic E-state index is 0.401. The van der Waals surface area contributed by atoms with Gasteiger partial charge < -0.3 is 20.5 Å². The van der Waals surface area contributed by atoms with Crippen molar-refractivity contribution < 1.29 is 4.42 Å². The van der Waals surface area contributed by atoms with Crippen molar-refractivity contribution in [3.05, 3.63) is 53.4 Å². The maximum absolute atomic E-state index is 6.10. The van der Waals surface area contributed by atoms with Crippen LogP contribution in [0, 0.1) is 0 Å². The zero-order valence-corrected chi connectivity index (χ0v) is 14.5. The van der Waals surface area contributed by atoms with Crippen molar-refractivity contribution in [1.82, 2.24) is 15.3 Å². The van der Waals surface area contributed by atoms with Crippen molar-refractivity contribution in [2.45, 2.75) is 25.2 Å². The molecule has 3 heterocycles.